The zero-order valence-corrected chi connectivity index (χ0v) is 19.0. The monoisotopic (exact) mass is 514 g/mol. The molecule has 0 bridgehead atoms. The van der Waals surface area contributed by atoms with Crippen molar-refractivity contribution in [3.8, 4) is 11.5 Å². The van der Waals surface area contributed by atoms with Gasteiger partial charge in [0, 0.05) is 27.8 Å². The fourth-order valence-electron chi connectivity index (χ4n) is 3.30. The van der Waals surface area contributed by atoms with E-state index in [0.29, 0.717) is 5.69 Å². The second kappa shape index (κ2) is 9.18. The van der Waals surface area contributed by atoms with Crippen molar-refractivity contribution in [1.29, 1.82) is 0 Å². The smallest absolute Gasteiger partial charge is 0.314 e. The van der Waals surface area contributed by atoms with E-state index >= 15 is 0 Å². The number of nitro benzene ring substituents is 1. The van der Waals surface area contributed by atoms with Gasteiger partial charge < -0.3 is 15.5 Å². The molecule has 0 saturated carbocycles. The molecule has 178 valence electrons. The number of anilines is 2. The lowest BCUT2D eigenvalue weighted by atomic mass is 10.1. The van der Waals surface area contributed by atoms with Gasteiger partial charge in [0.15, 0.2) is 5.75 Å². The number of para-hydroxylation sites is 1. The van der Waals surface area contributed by atoms with Crippen molar-refractivity contribution in [2.45, 2.75) is 4.90 Å². The Morgan fingerprint density at radius 1 is 0.914 bits per heavy atom. The van der Waals surface area contributed by atoms with E-state index in [4.69, 9.17) is 11.6 Å². The molecule has 4 N–H and O–H groups in total. The predicted molar refractivity (Wildman–Crippen MR) is 129 cm³/mol. The van der Waals surface area contributed by atoms with Crippen molar-refractivity contribution >= 4 is 60.9 Å². The Hall–Kier alpha value is -4.26. The number of halogens is 1. The van der Waals surface area contributed by atoms with Crippen LogP contribution >= 0.6 is 11.6 Å². The number of benzene rings is 4. The van der Waals surface area contributed by atoms with Crippen LogP contribution in [0, 0.1) is 10.1 Å². The second-order valence-corrected chi connectivity index (χ2v) is 9.05. The Kier molecular flexibility index (Phi) is 6.26. The minimum absolute atomic E-state index is 0.139. The minimum Gasteiger partial charge on any atom is -0.505 e. The van der Waals surface area contributed by atoms with Crippen LogP contribution < -0.4 is 5.32 Å². The third-order valence-electron chi connectivity index (χ3n) is 4.88. The summed E-state index contributed by atoms with van der Waals surface area (Å²) in [4.78, 5) is 9.43. The normalized spacial score (nSPS) is 11.7. The number of azo groups is 1. The molecule has 0 heterocycles. The fourth-order valence-corrected chi connectivity index (χ4v) is 4.17. The summed E-state index contributed by atoms with van der Waals surface area (Å²) in [5, 5.41) is 42.7. The standard InChI is InChI=1S/C22H15ClN4O7S/c23-13-10-17(22(29)18(11-13)27(30)31)25-26-20-19(35(32,33)34)9-12-8-15(6-7-16(12)21(20)28)24-14-4-2-1-3-5-14/h1-11,24,28-29H,(H,32,33,34). The highest BCUT2D eigenvalue weighted by molar-refractivity contribution is 7.86. The molecule has 0 aliphatic carbocycles. The lowest BCUT2D eigenvalue weighted by Gasteiger charge is -2.11. The highest BCUT2D eigenvalue weighted by atomic mass is 35.5. The molecule has 0 spiro atoms. The number of nitrogens with one attached hydrogen (secondary N) is 1. The average molecular weight is 515 g/mol. The number of hydrogen-bond donors (Lipinski definition) is 4. The van der Waals surface area contributed by atoms with Crippen molar-refractivity contribution < 1.29 is 28.1 Å². The summed E-state index contributed by atoms with van der Waals surface area (Å²) in [5.41, 5.74) is -0.484. The SMILES string of the molecule is O=[N+]([O-])c1cc(Cl)cc(N=Nc2c(S(=O)(=O)O)cc3cc(Nc4ccccc4)ccc3c2O)c1O. The number of nitro groups is 1. The number of rotatable bonds is 6. The van der Waals surface area contributed by atoms with Crippen LogP contribution in [0.4, 0.5) is 28.4 Å². The van der Waals surface area contributed by atoms with Crippen molar-refractivity contribution in [3.63, 3.8) is 0 Å². The third-order valence-corrected chi connectivity index (χ3v) is 5.97. The quantitative estimate of drug-likeness (QED) is 0.101. The Labute approximate surface area is 202 Å². The van der Waals surface area contributed by atoms with Gasteiger partial charge in [0.1, 0.15) is 16.3 Å². The first-order valence-electron chi connectivity index (χ1n) is 9.72. The van der Waals surface area contributed by atoms with Gasteiger partial charge in [-0.25, -0.2) is 0 Å². The Balaban J connectivity index is 1.84. The molecular formula is C22H15ClN4O7S. The molecule has 0 atom stereocenters. The molecule has 0 aliphatic rings. The average Bonchev–Trinajstić information content (AvgIpc) is 2.80. The minimum atomic E-state index is -4.89. The molecule has 0 unspecified atom stereocenters. The van der Waals surface area contributed by atoms with Gasteiger partial charge in [-0.3, -0.25) is 14.7 Å². The molecule has 0 aromatic heterocycles. The highest BCUT2D eigenvalue weighted by Gasteiger charge is 2.23. The van der Waals surface area contributed by atoms with E-state index in [0.717, 1.165) is 23.9 Å². The molecule has 4 rings (SSSR count). The first-order chi connectivity index (χ1) is 16.5. The summed E-state index contributed by atoms with van der Waals surface area (Å²) >= 11 is 5.83. The van der Waals surface area contributed by atoms with E-state index in [1.165, 1.54) is 6.07 Å². The number of hydrogen-bond acceptors (Lipinski definition) is 9. The topological polar surface area (TPSA) is 175 Å². The molecule has 4 aromatic carbocycles. The van der Waals surface area contributed by atoms with Crippen molar-refractivity contribution in [3.05, 3.63) is 81.9 Å². The van der Waals surface area contributed by atoms with E-state index in [1.807, 2.05) is 30.3 Å². The molecule has 0 saturated heterocycles. The second-order valence-electron chi connectivity index (χ2n) is 7.22. The number of aromatic hydroxyl groups is 2. The number of nitrogens with zero attached hydrogens (tertiary/aromatic N) is 3. The van der Waals surface area contributed by atoms with E-state index in [1.54, 1.807) is 12.1 Å². The summed E-state index contributed by atoms with van der Waals surface area (Å²) < 4.78 is 33.9. The van der Waals surface area contributed by atoms with Crippen LogP contribution in [-0.2, 0) is 10.1 Å². The van der Waals surface area contributed by atoms with Crippen molar-refractivity contribution in [2.75, 3.05) is 5.32 Å². The summed E-state index contributed by atoms with van der Waals surface area (Å²) in [5.74, 6) is -1.49. The van der Waals surface area contributed by atoms with Gasteiger partial charge in [0.2, 0.25) is 5.75 Å². The van der Waals surface area contributed by atoms with Crippen LogP contribution in [0.25, 0.3) is 10.8 Å². The van der Waals surface area contributed by atoms with Crippen LogP contribution in [0.5, 0.6) is 11.5 Å². The van der Waals surface area contributed by atoms with Gasteiger partial charge >= 0.3 is 5.69 Å². The van der Waals surface area contributed by atoms with Gasteiger partial charge in [0.05, 0.1) is 4.92 Å². The van der Waals surface area contributed by atoms with Crippen LogP contribution in [-0.4, -0.2) is 28.1 Å². The molecule has 0 aliphatic heterocycles. The first-order valence-corrected chi connectivity index (χ1v) is 11.5. The maximum absolute atomic E-state index is 12.1. The van der Waals surface area contributed by atoms with Crippen molar-refractivity contribution in [2.24, 2.45) is 10.2 Å². The van der Waals surface area contributed by atoms with E-state index < -0.39 is 48.5 Å². The third kappa shape index (κ3) is 4.99. The summed E-state index contributed by atoms with van der Waals surface area (Å²) in [6.45, 7) is 0. The van der Waals surface area contributed by atoms with Gasteiger partial charge in [-0.2, -0.15) is 8.42 Å². The van der Waals surface area contributed by atoms with E-state index in [2.05, 4.69) is 15.5 Å². The lowest BCUT2D eigenvalue weighted by Crippen LogP contribution is -1.99. The molecule has 11 nitrogen and oxygen atoms in total. The lowest BCUT2D eigenvalue weighted by molar-refractivity contribution is -0.385. The molecule has 35 heavy (non-hydrogen) atoms. The number of phenolic OH excluding ortho intramolecular Hbond substituents is 2. The van der Waals surface area contributed by atoms with Gasteiger partial charge in [0.25, 0.3) is 10.1 Å². The molecule has 0 radical (unpaired) electrons. The summed E-state index contributed by atoms with van der Waals surface area (Å²) in [6, 6.07) is 16.9. The zero-order valence-electron chi connectivity index (χ0n) is 17.5. The Bertz CT molecular complexity index is 1610. The number of phenols is 2. The Morgan fingerprint density at radius 2 is 1.63 bits per heavy atom. The number of fused-ring (bicyclic) bond motifs is 1. The van der Waals surface area contributed by atoms with Crippen LogP contribution in [0.15, 0.2) is 81.9 Å². The van der Waals surface area contributed by atoms with E-state index in [-0.39, 0.29) is 15.8 Å². The summed E-state index contributed by atoms with van der Waals surface area (Å²) in [7, 11) is -4.89. The summed E-state index contributed by atoms with van der Waals surface area (Å²) in [6.07, 6.45) is 0. The molecule has 0 fully saturated rings. The maximum Gasteiger partial charge on any atom is 0.314 e. The highest BCUT2D eigenvalue weighted by Crippen LogP contribution is 2.44. The van der Waals surface area contributed by atoms with Crippen molar-refractivity contribution in [1.82, 2.24) is 0 Å². The van der Waals surface area contributed by atoms with E-state index in [9.17, 15) is 33.3 Å². The maximum atomic E-state index is 12.1. The molecule has 4 aromatic rings. The van der Waals surface area contributed by atoms with Crippen LogP contribution in [0.2, 0.25) is 5.02 Å². The van der Waals surface area contributed by atoms with Crippen LogP contribution in [0.3, 0.4) is 0 Å². The Morgan fingerprint density at radius 3 is 2.29 bits per heavy atom. The fraction of sp³-hybridized carbons (Fsp3) is 0. The zero-order chi connectivity index (χ0) is 25.3. The first kappa shape index (κ1) is 23.9. The molecule has 13 heteroatoms. The molecule has 0 amide bonds. The van der Waals surface area contributed by atoms with Gasteiger partial charge in [-0.05, 0) is 47.9 Å². The van der Waals surface area contributed by atoms with Gasteiger partial charge in [-0.15, -0.1) is 10.2 Å². The predicted octanol–water partition coefficient (Wildman–Crippen LogP) is 6.22. The molecular weight excluding hydrogens is 500 g/mol. The largest absolute Gasteiger partial charge is 0.505 e. The van der Waals surface area contributed by atoms with Crippen LogP contribution in [0.1, 0.15) is 0 Å². The van der Waals surface area contributed by atoms with Gasteiger partial charge in [-0.1, -0.05) is 29.8 Å².